The predicted molar refractivity (Wildman–Crippen MR) is 65.6 cm³/mol. The Morgan fingerprint density at radius 1 is 1.29 bits per heavy atom. The Morgan fingerprint density at radius 3 is 2.94 bits per heavy atom. The number of hydrogen-bond donors (Lipinski definition) is 2. The molecule has 0 saturated carbocycles. The van der Waals surface area contributed by atoms with Gasteiger partial charge >= 0.3 is 0 Å². The molecule has 3 aromatic rings. The number of aliphatic hydroxyl groups is 1. The lowest BCUT2D eigenvalue weighted by atomic mass is 10.0. The molecular weight excluding hydrogens is 214 g/mol. The Kier molecular flexibility index (Phi) is 2.23. The molecule has 0 spiro atoms. The zero-order chi connectivity index (χ0) is 11.8. The van der Waals surface area contributed by atoms with Gasteiger partial charge in [-0.15, -0.1) is 0 Å². The molecule has 0 radical (unpaired) electrons. The number of fused-ring (bicyclic) bond motifs is 1. The molecule has 4 heteroatoms. The number of benzene rings is 1. The number of nitrogens with zero attached hydrogens (tertiary/aromatic N) is 2. The largest absolute Gasteiger partial charge is 0.382 e. The highest BCUT2D eigenvalue weighted by atomic mass is 16.3. The standard InChI is InChI=1S/C13H13N3O/c1-16-12(6-8-15-16)13(17)10-3-2-4-11-9(10)5-7-14-11/h2-8,13-14,17H,1H3. The molecule has 3 rings (SSSR count). The summed E-state index contributed by atoms with van der Waals surface area (Å²) < 4.78 is 1.69. The van der Waals surface area contributed by atoms with Crippen LogP contribution in [-0.2, 0) is 7.05 Å². The van der Waals surface area contributed by atoms with Crippen molar-refractivity contribution in [3.05, 3.63) is 54.0 Å². The molecule has 4 nitrogen and oxygen atoms in total. The Labute approximate surface area is 98.5 Å². The molecular formula is C13H13N3O. The van der Waals surface area contributed by atoms with E-state index >= 15 is 0 Å². The van der Waals surface area contributed by atoms with Crippen molar-refractivity contribution in [2.45, 2.75) is 6.10 Å². The Morgan fingerprint density at radius 2 is 2.18 bits per heavy atom. The quantitative estimate of drug-likeness (QED) is 0.703. The maximum absolute atomic E-state index is 10.4. The van der Waals surface area contributed by atoms with Crippen molar-refractivity contribution in [1.82, 2.24) is 14.8 Å². The highest BCUT2D eigenvalue weighted by molar-refractivity contribution is 5.83. The number of nitrogens with one attached hydrogen (secondary N) is 1. The molecule has 1 atom stereocenters. The molecule has 86 valence electrons. The molecule has 0 bridgehead atoms. The van der Waals surface area contributed by atoms with Crippen molar-refractivity contribution in [2.24, 2.45) is 7.05 Å². The van der Waals surface area contributed by atoms with Gasteiger partial charge in [-0.25, -0.2) is 0 Å². The summed E-state index contributed by atoms with van der Waals surface area (Å²) in [6, 6.07) is 9.68. The zero-order valence-corrected chi connectivity index (χ0v) is 9.46. The van der Waals surface area contributed by atoms with E-state index in [1.807, 2.05) is 43.6 Å². The number of H-pyrrole nitrogens is 1. The third-order valence-electron chi connectivity index (χ3n) is 3.06. The molecule has 1 aromatic carbocycles. The Bertz CT molecular complexity index is 653. The second-order valence-electron chi connectivity index (χ2n) is 4.07. The third kappa shape index (κ3) is 1.54. The predicted octanol–water partition coefficient (Wildman–Crippen LogP) is 1.98. The fraction of sp³-hybridized carbons (Fsp3) is 0.154. The Hall–Kier alpha value is -2.07. The smallest absolute Gasteiger partial charge is 0.121 e. The third-order valence-corrected chi connectivity index (χ3v) is 3.06. The van der Waals surface area contributed by atoms with Gasteiger partial charge in [0.25, 0.3) is 0 Å². The van der Waals surface area contributed by atoms with E-state index in [1.54, 1.807) is 10.9 Å². The van der Waals surface area contributed by atoms with Crippen LogP contribution in [0.4, 0.5) is 0 Å². The second kappa shape index (κ2) is 3.75. The lowest BCUT2D eigenvalue weighted by molar-refractivity contribution is 0.211. The average molecular weight is 227 g/mol. The van der Waals surface area contributed by atoms with Crippen LogP contribution >= 0.6 is 0 Å². The molecule has 1 unspecified atom stereocenters. The van der Waals surface area contributed by atoms with Crippen LogP contribution in [0.25, 0.3) is 10.9 Å². The first-order valence-corrected chi connectivity index (χ1v) is 5.49. The summed E-state index contributed by atoms with van der Waals surface area (Å²) in [4.78, 5) is 3.14. The highest BCUT2D eigenvalue weighted by Gasteiger charge is 2.16. The van der Waals surface area contributed by atoms with Crippen LogP contribution in [0.1, 0.15) is 17.4 Å². The Balaban J connectivity index is 2.15. The number of hydrogen-bond acceptors (Lipinski definition) is 2. The summed E-state index contributed by atoms with van der Waals surface area (Å²) in [6.07, 6.45) is 2.92. The fourth-order valence-corrected chi connectivity index (χ4v) is 2.16. The molecule has 0 aliphatic heterocycles. The van der Waals surface area contributed by atoms with Crippen LogP contribution in [0.15, 0.2) is 42.7 Å². The normalized spacial score (nSPS) is 13.1. The number of aryl methyl sites for hydroxylation is 1. The maximum atomic E-state index is 10.4. The average Bonchev–Trinajstić information content (AvgIpc) is 2.95. The van der Waals surface area contributed by atoms with Crippen molar-refractivity contribution in [2.75, 3.05) is 0 Å². The molecule has 2 heterocycles. The van der Waals surface area contributed by atoms with Gasteiger partial charge in [0.05, 0.1) is 5.69 Å². The molecule has 0 aliphatic carbocycles. The molecule has 0 fully saturated rings. The van der Waals surface area contributed by atoms with Gasteiger partial charge in [0.15, 0.2) is 0 Å². The van der Waals surface area contributed by atoms with Crippen LogP contribution < -0.4 is 0 Å². The molecule has 2 N–H and O–H groups in total. The topological polar surface area (TPSA) is 53.8 Å². The summed E-state index contributed by atoms with van der Waals surface area (Å²) in [5.74, 6) is 0. The first kappa shape index (κ1) is 10.1. The number of aromatic amines is 1. The van der Waals surface area contributed by atoms with Gasteiger partial charge in [-0.1, -0.05) is 12.1 Å². The molecule has 2 aromatic heterocycles. The van der Waals surface area contributed by atoms with Crippen molar-refractivity contribution < 1.29 is 5.11 Å². The van der Waals surface area contributed by atoms with Gasteiger partial charge in [-0.05, 0) is 23.8 Å². The van der Waals surface area contributed by atoms with Crippen LogP contribution in [-0.4, -0.2) is 19.9 Å². The number of aromatic nitrogens is 3. The number of aliphatic hydroxyl groups excluding tert-OH is 1. The highest BCUT2D eigenvalue weighted by Crippen LogP contribution is 2.27. The SMILES string of the molecule is Cn1nccc1C(O)c1cccc2[nH]ccc12. The van der Waals surface area contributed by atoms with Gasteiger partial charge in [0, 0.05) is 30.3 Å². The first-order chi connectivity index (χ1) is 8.27. The minimum atomic E-state index is -0.651. The van der Waals surface area contributed by atoms with Crippen molar-refractivity contribution in [1.29, 1.82) is 0 Å². The zero-order valence-electron chi connectivity index (χ0n) is 9.46. The van der Waals surface area contributed by atoms with Crippen molar-refractivity contribution >= 4 is 10.9 Å². The van der Waals surface area contributed by atoms with Gasteiger partial charge in [0.1, 0.15) is 6.10 Å². The molecule has 0 saturated heterocycles. The van der Waals surface area contributed by atoms with E-state index in [1.165, 1.54) is 0 Å². The summed E-state index contributed by atoms with van der Waals surface area (Å²) in [5, 5.41) is 15.5. The van der Waals surface area contributed by atoms with Crippen LogP contribution in [0.2, 0.25) is 0 Å². The fourth-order valence-electron chi connectivity index (χ4n) is 2.16. The van der Waals surface area contributed by atoms with E-state index < -0.39 is 6.10 Å². The summed E-state index contributed by atoms with van der Waals surface area (Å²) in [7, 11) is 1.83. The van der Waals surface area contributed by atoms with E-state index in [0.29, 0.717) is 0 Å². The summed E-state index contributed by atoms with van der Waals surface area (Å²) in [6.45, 7) is 0. The maximum Gasteiger partial charge on any atom is 0.121 e. The van der Waals surface area contributed by atoms with E-state index in [9.17, 15) is 5.11 Å². The van der Waals surface area contributed by atoms with Gasteiger partial charge in [-0.3, -0.25) is 4.68 Å². The van der Waals surface area contributed by atoms with Gasteiger partial charge in [-0.2, -0.15) is 5.10 Å². The van der Waals surface area contributed by atoms with Crippen molar-refractivity contribution in [3.8, 4) is 0 Å². The van der Waals surface area contributed by atoms with Gasteiger partial charge in [0.2, 0.25) is 0 Å². The van der Waals surface area contributed by atoms with Crippen LogP contribution in [0.5, 0.6) is 0 Å². The monoisotopic (exact) mass is 227 g/mol. The van der Waals surface area contributed by atoms with E-state index in [0.717, 1.165) is 22.2 Å². The van der Waals surface area contributed by atoms with E-state index in [4.69, 9.17) is 0 Å². The summed E-state index contributed by atoms with van der Waals surface area (Å²) in [5.41, 5.74) is 2.72. The van der Waals surface area contributed by atoms with Crippen LogP contribution in [0.3, 0.4) is 0 Å². The minimum Gasteiger partial charge on any atom is -0.382 e. The van der Waals surface area contributed by atoms with Crippen molar-refractivity contribution in [3.63, 3.8) is 0 Å². The lowest BCUT2D eigenvalue weighted by Gasteiger charge is -2.12. The second-order valence-corrected chi connectivity index (χ2v) is 4.07. The first-order valence-electron chi connectivity index (χ1n) is 5.49. The number of rotatable bonds is 2. The molecule has 0 amide bonds. The summed E-state index contributed by atoms with van der Waals surface area (Å²) >= 11 is 0. The van der Waals surface area contributed by atoms with Crippen LogP contribution in [0, 0.1) is 0 Å². The van der Waals surface area contributed by atoms with E-state index in [2.05, 4.69) is 10.1 Å². The van der Waals surface area contributed by atoms with Gasteiger partial charge < -0.3 is 10.1 Å². The molecule has 17 heavy (non-hydrogen) atoms. The minimum absolute atomic E-state index is 0.651. The van der Waals surface area contributed by atoms with E-state index in [-0.39, 0.29) is 0 Å². The molecule has 0 aliphatic rings. The lowest BCUT2D eigenvalue weighted by Crippen LogP contribution is -2.06.